The standard InChI is InChI=1S/C19H17FN2O2/c1-2-13-21-19(24)15-8-4-6-10-17(15)22-18(23)12-11-14-7-3-5-9-16(14)20/h1,3-10H,11-13H2,(H,21,24)(H,22,23). The molecule has 5 heteroatoms. The van der Waals surface area contributed by atoms with Crippen LogP contribution >= 0.6 is 0 Å². The second-order valence-corrected chi connectivity index (χ2v) is 5.07. The fourth-order valence-electron chi connectivity index (χ4n) is 2.18. The van der Waals surface area contributed by atoms with E-state index in [4.69, 9.17) is 6.42 Å². The number of para-hydroxylation sites is 1. The zero-order valence-electron chi connectivity index (χ0n) is 13.0. The Morgan fingerprint density at radius 3 is 2.54 bits per heavy atom. The molecule has 0 aliphatic rings. The molecule has 2 N–H and O–H groups in total. The summed E-state index contributed by atoms with van der Waals surface area (Å²) in [5.41, 5.74) is 1.20. The summed E-state index contributed by atoms with van der Waals surface area (Å²) in [6, 6.07) is 13.0. The van der Waals surface area contributed by atoms with E-state index < -0.39 is 0 Å². The molecular weight excluding hydrogens is 307 g/mol. The second-order valence-electron chi connectivity index (χ2n) is 5.07. The minimum absolute atomic E-state index is 0.106. The average Bonchev–Trinajstić information content (AvgIpc) is 2.59. The lowest BCUT2D eigenvalue weighted by atomic mass is 10.1. The molecule has 0 aliphatic heterocycles. The SMILES string of the molecule is C#CCNC(=O)c1ccccc1NC(=O)CCc1ccccc1F. The number of aryl methyl sites for hydroxylation is 1. The van der Waals surface area contributed by atoms with E-state index in [0.717, 1.165) is 0 Å². The van der Waals surface area contributed by atoms with E-state index in [1.165, 1.54) is 6.07 Å². The lowest BCUT2D eigenvalue weighted by Crippen LogP contribution is -2.25. The predicted molar refractivity (Wildman–Crippen MR) is 91.0 cm³/mol. The Balaban J connectivity index is 2.00. The van der Waals surface area contributed by atoms with Crippen molar-refractivity contribution in [3.8, 4) is 12.3 Å². The normalized spacial score (nSPS) is 9.83. The summed E-state index contributed by atoms with van der Waals surface area (Å²) in [5.74, 6) is 1.32. The Bertz CT molecular complexity index is 781. The summed E-state index contributed by atoms with van der Waals surface area (Å²) in [6.45, 7) is 0.106. The summed E-state index contributed by atoms with van der Waals surface area (Å²) in [4.78, 5) is 24.1. The summed E-state index contributed by atoms with van der Waals surface area (Å²) in [6.07, 6.45) is 5.51. The smallest absolute Gasteiger partial charge is 0.254 e. The number of carbonyl (C=O) groups is 2. The molecule has 0 spiro atoms. The van der Waals surface area contributed by atoms with Crippen molar-refractivity contribution in [3.63, 3.8) is 0 Å². The van der Waals surface area contributed by atoms with Gasteiger partial charge >= 0.3 is 0 Å². The maximum Gasteiger partial charge on any atom is 0.254 e. The van der Waals surface area contributed by atoms with E-state index in [9.17, 15) is 14.0 Å². The molecule has 122 valence electrons. The number of anilines is 1. The fourth-order valence-corrected chi connectivity index (χ4v) is 2.18. The molecule has 0 aliphatic carbocycles. The average molecular weight is 324 g/mol. The van der Waals surface area contributed by atoms with Crippen molar-refractivity contribution >= 4 is 17.5 Å². The van der Waals surface area contributed by atoms with Gasteiger partial charge in [-0.25, -0.2) is 4.39 Å². The Morgan fingerprint density at radius 1 is 1.08 bits per heavy atom. The van der Waals surface area contributed by atoms with E-state index in [1.54, 1.807) is 42.5 Å². The third-order valence-corrected chi connectivity index (χ3v) is 3.38. The highest BCUT2D eigenvalue weighted by atomic mass is 19.1. The monoisotopic (exact) mass is 324 g/mol. The molecule has 2 amide bonds. The molecule has 0 heterocycles. The van der Waals surface area contributed by atoms with Crippen LogP contribution in [0.4, 0.5) is 10.1 Å². The number of hydrogen-bond donors (Lipinski definition) is 2. The zero-order chi connectivity index (χ0) is 17.4. The number of hydrogen-bond acceptors (Lipinski definition) is 2. The molecule has 2 rings (SSSR count). The van der Waals surface area contributed by atoms with Crippen molar-refractivity contribution < 1.29 is 14.0 Å². The maximum atomic E-state index is 13.6. The molecule has 0 saturated carbocycles. The van der Waals surface area contributed by atoms with E-state index in [1.807, 2.05) is 0 Å². The molecule has 2 aromatic rings. The minimum atomic E-state index is -0.363. The van der Waals surface area contributed by atoms with Gasteiger partial charge in [-0.3, -0.25) is 9.59 Å². The number of benzene rings is 2. The number of amides is 2. The van der Waals surface area contributed by atoms with Gasteiger partial charge in [-0.15, -0.1) is 6.42 Å². The van der Waals surface area contributed by atoms with E-state index in [0.29, 0.717) is 16.8 Å². The molecule has 4 nitrogen and oxygen atoms in total. The van der Waals surface area contributed by atoms with E-state index >= 15 is 0 Å². The number of halogens is 1. The Hall–Kier alpha value is -3.13. The van der Waals surface area contributed by atoms with Gasteiger partial charge in [0, 0.05) is 6.42 Å². The van der Waals surface area contributed by atoms with Gasteiger partial charge in [0.15, 0.2) is 0 Å². The van der Waals surface area contributed by atoms with Gasteiger partial charge in [0.1, 0.15) is 5.82 Å². The third-order valence-electron chi connectivity index (χ3n) is 3.38. The minimum Gasteiger partial charge on any atom is -0.341 e. The summed E-state index contributed by atoms with van der Waals surface area (Å²) in [5, 5.41) is 5.24. The fraction of sp³-hybridized carbons (Fsp3) is 0.158. The lowest BCUT2D eigenvalue weighted by Gasteiger charge is -2.10. The number of rotatable bonds is 6. The molecule has 0 bridgehead atoms. The molecule has 0 radical (unpaired) electrons. The van der Waals surface area contributed by atoms with Gasteiger partial charge in [0.25, 0.3) is 5.91 Å². The van der Waals surface area contributed by atoms with Crippen molar-refractivity contribution in [1.82, 2.24) is 5.32 Å². The molecular formula is C19H17FN2O2. The van der Waals surface area contributed by atoms with Crippen LogP contribution in [0.3, 0.4) is 0 Å². The molecule has 2 aromatic carbocycles. The molecule has 0 atom stereocenters. The van der Waals surface area contributed by atoms with Crippen LogP contribution in [-0.4, -0.2) is 18.4 Å². The van der Waals surface area contributed by atoms with Gasteiger partial charge in [0.2, 0.25) is 5.91 Å². The highest BCUT2D eigenvalue weighted by Crippen LogP contribution is 2.16. The number of terminal acetylenes is 1. The second kappa shape index (κ2) is 8.49. The third kappa shape index (κ3) is 4.68. The first-order chi connectivity index (χ1) is 11.6. The molecule has 0 saturated heterocycles. The van der Waals surface area contributed by atoms with Crippen molar-refractivity contribution in [3.05, 3.63) is 65.5 Å². The predicted octanol–water partition coefficient (Wildman–Crippen LogP) is 2.76. The van der Waals surface area contributed by atoms with Gasteiger partial charge < -0.3 is 10.6 Å². The Labute approximate surface area is 140 Å². The maximum absolute atomic E-state index is 13.6. The van der Waals surface area contributed by atoms with Gasteiger partial charge in [-0.05, 0) is 30.2 Å². The molecule has 0 aromatic heterocycles. The van der Waals surface area contributed by atoms with Crippen LogP contribution in [0.2, 0.25) is 0 Å². The van der Waals surface area contributed by atoms with Gasteiger partial charge in [0.05, 0.1) is 17.8 Å². The van der Waals surface area contributed by atoms with E-state index in [-0.39, 0.29) is 37.0 Å². The van der Waals surface area contributed by atoms with Crippen LogP contribution in [-0.2, 0) is 11.2 Å². The van der Waals surface area contributed by atoms with Crippen LogP contribution in [0.1, 0.15) is 22.3 Å². The van der Waals surface area contributed by atoms with Crippen LogP contribution in [0.25, 0.3) is 0 Å². The zero-order valence-corrected chi connectivity index (χ0v) is 13.0. The largest absolute Gasteiger partial charge is 0.341 e. The summed E-state index contributed by atoms with van der Waals surface area (Å²) < 4.78 is 13.6. The Morgan fingerprint density at radius 2 is 1.79 bits per heavy atom. The lowest BCUT2D eigenvalue weighted by molar-refractivity contribution is -0.116. The highest BCUT2D eigenvalue weighted by molar-refractivity contribution is 6.03. The first kappa shape index (κ1) is 17.2. The molecule has 24 heavy (non-hydrogen) atoms. The molecule has 0 fully saturated rings. The highest BCUT2D eigenvalue weighted by Gasteiger charge is 2.13. The van der Waals surface area contributed by atoms with Crippen LogP contribution in [0, 0.1) is 18.2 Å². The number of carbonyl (C=O) groups excluding carboxylic acids is 2. The van der Waals surface area contributed by atoms with Crippen molar-refractivity contribution in [2.24, 2.45) is 0 Å². The van der Waals surface area contributed by atoms with Crippen molar-refractivity contribution in [2.45, 2.75) is 12.8 Å². The quantitative estimate of drug-likeness (QED) is 0.803. The van der Waals surface area contributed by atoms with Crippen LogP contribution in [0.5, 0.6) is 0 Å². The summed E-state index contributed by atoms with van der Waals surface area (Å²) in [7, 11) is 0. The van der Waals surface area contributed by atoms with Gasteiger partial charge in [-0.1, -0.05) is 36.3 Å². The van der Waals surface area contributed by atoms with Crippen molar-refractivity contribution in [2.75, 3.05) is 11.9 Å². The molecule has 0 unspecified atom stereocenters. The first-order valence-electron chi connectivity index (χ1n) is 7.45. The topological polar surface area (TPSA) is 58.2 Å². The van der Waals surface area contributed by atoms with Gasteiger partial charge in [-0.2, -0.15) is 0 Å². The van der Waals surface area contributed by atoms with E-state index in [2.05, 4.69) is 16.6 Å². The van der Waals surface area contributed by atoms with Crippen molar-refractivity contribution in [1.29, 1.82) is 0 Å². The summed E-state index contributed by atoms with van der Waals surface area (Å²) >= 11 is 0. The Kier molecular flexibility index (Phi) is 6.09. The van der Waals surface area contributed by atoms with Crippen LogP contribution in [0.15, 0.2) is 48.5 Å². The first-order valence-corrected chi connectivity index (χ1v) is 7.45. The van der Waals surface area contributed by atoms with Crippen LogP contribution < -0.4 is 10.6 Å². The number of nitrogens with one attached hydrogen (secondary N) is 2.